The van der Waals surface area contributed by atoms with E-state index in [4.69, 9.17) is 44.1 Å². The zero-order valence-corrected chi connectivity index (χ0v) is 24.0. The summed E-state index contributed by atoms with van der Waals surface area (Å²) in [6.07, 6.45) is 0.159. The van der Waals surface area contributed by atoms with Crippen LogP contribution in [0, 0.1) is 5.92 Å². The highest BCUT2D eigenvalue weighted by Crippen LogP contribution is 2.38. The lowest BCUT2D eigenvalue weighted by Gasteiger charge is -2.33. The van der Waals surface area contributed by atoms with Crippen molar-refractivity contribution in [1.29, 1.82) is 0 Å². The molecule has 2 unspecified atom stereocenters. The minimum absolute atomic E-state index is 0.0785. The number of hydrogen-bond acceptors (Lipinski definition) is 7. The maximum absolute atomic E-state index is 12.9. The molecule has 3 rings (SSSR count). The first-order valence-electron chi connectivity index (χ1n) is 12.5. The van der Waals surface area contributed by atoms with Gasteiger partial charge in [-0.2, -0.15) is 0 Å². The molecule has 2 aromatic rings. The number of likely N-dealkylation sites (N-methyl/N-ethyl adjacent to an activating group) is 1. The van der Waals surface area contributed by atoms with Gasteiger partial charge in [-0.05, 0) is 54.4 Å². The number of halogens is 2. The standard InChI is InChI=1S/C26H34Cl2N4O6S/c1-32-15-22(21-13-19(27)14-24(28)23(21)16-32)17-3-2-4-20(11-17)39(35,36)31-6-8-38-10-9-37-7-5-18(26(30)34)12-25(29)33/h2-4,11,13-14,18,22,31H,5-10,12,15-16H2,1H3,(H2,29,33)(H2,30,34). The fourth-order valence-electron chi connectivity index (χ4n) is 4.50. The summed E-state index contributed by atoms with van der Waals surface area (Å²) in [5.74, 6) is -1.95. The molecule has 2 atom stereocenters. The van der Waals surface area contributed by atoms with Crippen molar-refractivity contribution in [2.45, 2.75) is 30.2 Å². The molecule has 13 heteroatoms. The van der Waals surface area contributed by atoms with E-state index < -0.39 is 27.8 Å². The first kappa shape index (κ1) is 31.3. The minimum Gasteiger partial charge on any atom is -0.379 e. The van der Waals surface area contributed by atoms with Gasteiger partial charge in [0, 0.05) is 54.5 Å². The lowest BCUT2D eigenvalue weighted by molar-refractivity contribution is -0.127. The average Bonchev–Trinajstić information content (AvgIpc) is 2.86. The summed E-state index contributed by atoms with van der Waals surface area (Å²) >= 11 is 12.7. The quantitative estimate of drug-likeness (QED) is 0.265. The number of nitrogens with one attached hydrogen (secondary N) is 1. The Hall–Kier alpha value is -2.25. The van der Waals surface area contributed by atoms with Gasteiger partial charge in [-0.15, -0.1) is 0 Å². The Bertz CT molecular complexity index is 1280. The molecule has 0 aromatic heterocycles. The maximum Gasteiger partial charge on any atom is 0.240 e. The van der Waals surface area contributed by atoms with Crippen LogP contribution >= 0.6 is 23.2 Å². The van der Waals surface area contributed by atoms with Crippen LogP contribution in [0.25, 0.3) is 0 Å². The summed E-state index contributed by atoms with van der Waals surface area (Å²) in [6, 6.07) is 10.5. The number of ether oxygens (including phenoxy) is 2. The first-order valence-corrected chi connectivity index (χ1v) is 14.7. The van der Waals surface area contributed by atoms with Gasteiger partial charge in [0.15, 0.2) is 0 Å². The maximum atomic E-state index is 12.9. The number of primary amides is 2. The van der Waals surface area contributed by atoms with E-state index in [0.29, 0.717) is 23.1 Å². The fraction of sp³-hybridized carbons (Fsp3) is 0.462. The topological polar surface area (TPSA) is 154 Å². The Kier molecular flexibility index (Phi) is 11.6. The third-order valence-corrected chi connectivity index (χ3v) is 8.45. The van der Waals surface area contributed by atoms with Gasteiger partial charge in [0.2, 0.25) is 21.8 Å². The van der Waals surface area contributed by atoms with Crippen LogP contribution in [0.15, 0.2) is 41.3 Å². The van der Waals surface area contributed by atoms with Crippen molar-refractivity contribution in [3.8, 4) is 0 Å². The molecule has 10 nitrogen and oxygen atoms in total. The van der Waals surface area contributed by atoms with E-state index in [0.717, 1.165) is 16.7 Å². The van der Waals surface area contributed by atoms with Crippen LogP contribution in [0.2, 0.25) is 10.0 Å². The summed E-state index contributed by atoms with van der Waals surface area (Å²) in [5, 5.41) is 1.14. The molecule has 39 heavy (non-hydrogen) atoms. The molecule has 0 radical (unpaired) electrons. The molecule has 214 valence electrons. The highest BCUT2D eigenvalue weighted by molar-refractivity contribution is 7.89. The fourth-order valence-corrected chi connectivity index (χ4v) is 6.13. The molecule has 2 amide bonds. The van der Waals surface area contributed by atoms with Gasteiger partial charge in [-0.3, -0.25) is 9.59 Å². The molecule has 1 heterocycles. The Morgan fingerprint density at radius 2 is 1.82 bits per heavy atom. The van der Waals surface area contributed by atoms with Crippen molar-refractivity contribution in [3.63, 3.8) is 0 Å². The normalized spacial score (nSPS) is 16.5. The molecule has 5 N–H and O–H groups in total. The number of rotatable bonds is 15. The SMILES string of the molecule is CN1Cc2c(Cl)cc(Cl)cc2C(c2cccc(S(=O)(=O)NCCOCCOCCC(CC(N)=O)C(N)=O)c2)C1. The van der Waals surface area contributed by atoms with E-state index in [1.165, 1.54) is 0 Å². The van der Waals surface area contributed by atoms with E-state index >= 15 is 0 Å². The molecule has 0 aliphatic carbocycles. The smallest absolute Gasteiger partial charge is 0.240 e. The highest BCUT2D eigenvalue weighted by Gasteiger charge is 2.28. The molecular formula is C26H34Cl2N4O6S. The largest absolute Gasteiger partial charge is 0.379 e. The molecule has 2 aromatic carbocycles. The number of carbonyl (C=O) groups excluding carboxylic acids is 2. The number of nitrogens with two attached hydrogens (primary N) is 2. The lowest BCUT2D eigenvalue weighted by atomic mass is 9.85. The van der Waals surface area contributed by atoms with Crippen molar-refractivity contribution >= 4 is 45.0 Å². The van der Waals surface area contributed by atoms with Crippen molar-refractivity contribution < 1.29 is 27.5 Å². The second kappa shape index (κ2) is 14.4. The monoisotopic (exact) mass is 600 g/mol. The lowest BCUT2D eigenvalue weighted by Crippen LogP contribution is -2.31. The molecule has 0 fully saturated rings. The number of fused-ring (bicyclic) bond motifs is 1. The average molecular weight is 602 g/mol. The van der Waals surface area contributed by atoms with Crippen molar-refractivity contribution in [2.75, 3.05) is 46.6 Å². The van der Waals surface area contributed by atoms with Gasteiger partial charge in [-0.25, -0.2) is 13.1 Å². The number of carbonyl (C=O) groups is 2. The van der Waals surface area contributed by atoms with Crippen LogP contribution in [-0.4, -0.2) is 71.7 Å². The Balaban J connectivity index is 1.48. The number of benzene rings is 2. The number of nitrogens with zero attached hydrogens (tertiary/aromatic N) is 1. The number of hydrogen-bond donors (Lipinski definition) is 3. The Labute approximate surface area is 238 Å². The third kappa shape index (κ3) is 9.14. The second-order valence-electron chi connectivity index (χ2n) is 9.46. The first-order chi connectivity index (χ1) is 18.5. The van der Waals surface area contributed by atoms with Gasteiger partial charge >= 0.3 is 0 Å². The van der Waals surface area contributed by atoms with Crippen LogP contribution in [0.5, 0.6) is 0 Å². The van der Waals surface area contributed by atoms with Gasteiger partial charge in [0.05, 0.1) is 24.7 Å². The predicted molar refractivity (Wildman–Crippen MR) is 149 cm³/mol. The number of amides is 2. The minimum atomic E-state index is -3.77. The molecular weight excluding hydrogens is 567 g/mol. The van der Waals surface area contributed by atoms with Crippen LogP contribution in [0.1, 0.15) is 35.4 Å². The molecule has 1 aliphatic heterocycles. The summed E-state index contributed by atoms with van der Waals surface area (Å²) in [6.45, 7) is 2.30. The summed E-state index contributed by atoms with van der Waals surface area (Å²) in [5.41, 5.74) is 13.2. The predicted octanol–water partition coefficient (Wildman–Crippen LogP) is 2.25. The van der Waals surface area contributed by atoms with Gasteiger partial charge < -0.3 is 25.8 Å². The second-order valence-corrected chi connectivity index (χ2v) is 12.1. The summed E-state index contributed by atoms with van der Waals surface area (Å²) in [7, 11) is -1.77. The highest BCUT2D eigenvalue weighted by atomic mass is 35.5. The van der Waals surface area contributed by atoms with Crippen molar-refractivity contribution in [3.05, 3.63) is 63.1 Å². The van der Waals surface area contributed by atoms with E-state index in [-0.39, 0.29) is 56.6 Å². The number of sulfonamides is 1. The molecule has 0 bridgehead atoms. The molecule has 1 aliphatic rings. The zero-order valence-electron chi connectivity index (χ0n) is 21.7. The van der Waals surface area contributed by atoms with Crippen molar-refractivity contribution in [2.24, 2.45) is 17.4 Å². The third-order valence-electron chi connectivity index (χ3n) is 6.43. The van der Waals surface area contributed by atoms with Gasteiger partial charge in [-0.1, -0.05) is 35.3 Å². The van der Waals surface area contributed by atoms with E-state index in [1.54, 1.807) is 24.3 Å². The molecule has 0 saturated carbocycles. The van der Waals surface area contributed by atoms with E-state index in [9.17, 15) is 18.0 Å². The van der Waals surface area contributed by atoms with Crippen LogP contribution in [-0.2, 0) is 35.6 Å². The van der Waals surface area contributed by atoms with Gasteiger partial charge in [0.1, 0.15) is 0 Å². The summed E-state index contributed by atoms with van der Waals surface area (Å²) in [4.78, 5) is 24.6. The molecule has 0 spiro atoms. The van der Waals surface area contributed by atoms with Crippen LogP contribution < -0.4 is 16.2 Å². The van der Waals surface area contributed by atoms with Crippen LogP contribution in [0.4, 0.5) is 0 Å². The van der Waals surface area contributed by atoms with E-state index in [2.05, 4.69) is 9.62 Å². The molecule has 0 saturated heterocycles. The Morgan fingerprint density at radius 1 is 1.10 bits per heavy atom. The van der Waals surface area contributed by atoms with Crippen LogP contribution in [0.3, 0.4) is 0 Å². The zero-order chi connectivity index (χ0) is 28.6. The summed E-state index contributed by atoms with van der Waals surface area (Å²) < 4.78 is 39.3. The van der Waals surface area contributed by atoms with Gasteiger partial charge in [0.25, 0.3) is 0 Å². The van der Waals surface area contributed by atoms with E-state index in [1.807, 2.05) is 19.2 Å². The van der Waals surface area contributed by atoms with Crippen molar-refractivity contribution in [1.82, 2.24) is 9.62 Å². The Morgan fingerprint density at radius 3 is 2.51 bits per heavy atom.